The summed E-state index contributed by atoms with van der Waals surface area (Å²) in [6, 6.07) is 2.29. The molecule has 88 valence electrons. The number of carbonyl (C=O) groups is 1. The fourth-order valence-corrected chi connectivity index (χ4v) is 1.09. The molecular formula is C9H10F3N3O. The summed E-state index contributed by atoms with van der Waals surface area (Å²) in [4.78, 5) is 10.9. The highest BCUT2D eigenvalue weighted by atomic mass is 19.4. The minimum Gasteiger partial charge on any atom is -0.307 e. The lowest BCUT2D eigenvalue weighted by Gasteiger charge is -2.12. The molecular weight excluding hydrogens is 223 g/mol. The number of urea groups is 1. The number of rotatable bonds is 1. The van der Waals surface area contributed by atoms with Crippen molar-refractivity contribution in [2.24, 2.45) is 5.84 Å². The number of benzene rings is 1. The Labute approximate surface area is 89.6 Å². The highest BCUT2D eigenvalue weighted by Gasteiger charge is 2.30. The van der Waals surface area contributed by atoms with Crippen molar-refractivity contribution in [3.05, 3.63) is 29.3 Å². The Balaban J connectivity index is 3.04. The Morgan fingerprint density at radius 2 is 2.00 bits per heavy atom. The van der Waals surface area contributed by atoms with Crippen molar-refractivity contribution in [3.8, 4) is 0 Å². The van der Waals surface area contributed by atoms with Crippen molar-refractivity contribution >= 4 is 11.7 Å². The molecule has 0 aliphatic rings. The average molecular weight is 233 g/mol. The average Bonchev–Trinajstić information content (AvgIpc) is 2.19. The van der Waals surface area contributed by atoms with Crippen LogP contribution >= 0.6 is 0 Å². The van der Waals surface area contributed by atoms with Crippen molar-refractivity contribution in [1.82, 2.24) is 5.43 Å². The van der Waals surface area contributed by atoms with Crippen LogP contribution in [0.25, 0.3) is 0 Å². The first kappa shape index (κ1) is 12.3. The summed E-state index contributed by atoms with van der Waals surface area (Å²) in [7, 11) is 0. The summed E-state index contributed by atoms with van der Waals surface area (Å²) in [5.41, 5.74) is 1.52. The quantitative estimate of drug-likeness (QED) is 0.394. The van der Waals surface area contributed by atoms with Gasteiger partial charge in [-0.1, -0.05) is 6.07 Å². The third kappa shape index (κ3) is 2.86. The number of halogens is 3. The highest BCUT2D eigenvalue weighted by Crippen LogP contribution is 2.31. The van der Waals surface area contributed by atoms with Gasteiger partial charge in [-0.2, -0.15) is 13.2 Å². The van der Waals surface area contributed by atoms with Crippen molar-refractivity contribution in [2.75, 3.05) is 5.32 Å². The summed E-state index contributed by atoms with van der Waals surface area (Å²) in [6.07, 6.45) is -4.44. The molecule has 4 N–H and O–H groups in total. The molecule has 0 radical (unpaired) electrons. The molecule has 16 heavy (non-hydrogen) atoms. The van der Waals surface area contributed by atoms with Gasteiger partial charge in [-0.25, -0.2) is 10.6 Å². The van der Waals surface area contributed by atoms with Crippen LogP contribution < -0.4 is 16.6 Å². The van der Waals surface area contributed by atoms with Gasteiger partial charge >= 0.3 is 12.2 Å². The number of hydrogen-bond donors (Lipinski definition) is 3. The Hall–Kier alpha value is -1.76. The molecule has 0 aliphatic heterocycles. The molecule has 1 aromatic rings. The molecule has 0 spiro atoms. The van der Waals surface area contributed by atoms with E-state index in [2.05, 4.69) is 5.32 Å². The fraction of sp³-hybridized carbons (Fsp3) is 0.222. The number of alkyl halides is 3. The van der Waals surface area contributed by atoms with Gasteiger partial charge in [0.25, 0.3) is 0 Å². The van der Waals surface area contributed by atoms with E-state index in [1.807, 2.05) is 0 Å². The van der Waals surface area contributed by atoms with Crippen LogP contribution in [0.15, 0.2) is 18.2 Å². The summed E-state index contributed by atoms with van der Waals surface area (Å²) in [6.45, 7) is 1.58. The van der Waals surface area contributed by atoms with E-state index in [1.54, 1.807) is 12.3 Å². The summed E-state index contributed by atoms with van der Waals surface area (Å²) in [5.74, 6) is 4.81. The first-order valence-corrected chi connectivity index (χ1v) is 4.30. The molecule has 0 aromatic heterocycles. The topological polar surface area (TPSA) is 67.2 Å². The van der Waals surface area contributed by atoms with Gasteiger partial charge in [0.1, 0.15) is 0 Å². The summed E-state index contributed by atoms with van der Waals surface area (Å²) >= 11 is 0. The smallest absolute Gasteiger partial charge is 0.307 e. The van der Waals surface area contributed by atoms with Crippen molar-refractivity contribution in [1.29, 1.82) is 0 Å². The Morgan fingerprint density at radius 3 is 2.50 bits per heavy atom. The van der Waals surface area contributed by atoms with E-state index in [1.165, 1.54) is 6.07 Å². The van der Waals surface area contributed by atoms with Gasteiger partial charge in [0.15, 0.2) is 0 Å². The van der Waals surface area contributed by atoms with E-state index >= 15 is 0 Å². The van der Waals surface area contributed by atoms with Crippen LogP contribution in [0.4, 0.5) is 23.7 Å². The first-order chi connectivity index (χ1) is 7.34. The predicted molar refractivity (Wildman–Crippen MR) is 52.5 cm³/mol. The number of nitrogens with two attached hydrogens (primary N) is 1. The van der Waals surface area contributed by atoms with Gasteiger partial charge in [0.05, 0.1) is 5.56 Å². The molecule has 0 heterocycles. The van der Waals surface area contributed by atoms with E-state index in [0.717, 1.165) is 12.1 Å². The van der Waals surface area contributed by atoms with Crippen LogP contribution in [-0.4, -0.2) is 6.03 Å². The number of aryl methyl sites for hydroxylation is 1. The van der Waals surface area contributed by atoms with E-state index in [0.29, 0.717) is 5.56 Å². The second-order valence-electron chi connectivity index (χ2n) is 3.13. The molecule has 1 aromatic carbocycles. The van der Waals surface area contributed by atoms with Crippen LogP contribution in [0.5, 0.6) is 0 Å². The minimum atomic E-state index is -4.44. The molecule has 1 rings (SSSR count). The Bertz CT molecular complexity index is 403. The zero-order valence-corrected chi connectivity index (χ0v) is 8.35. The molecule has 4 nitrogen and oxygen atoms in total. The molecule has 0 unspecified atom stereocenters. The third-order valence-corrected chi connectivity index (χ3v) is 1.94. The van der Waals surface area contributed by atoms with Crippen LogP contribution in [0.3, 0.4) is 0 Å². The number of amides is 2. The molecule has 2 amide bonds. The summed E-state index contributed by atoms with van der Waals surface area (Å²) in [5, 5.41) is 2.20. The number of hydrogen-bond acceptors (Lipinski definition) is 2. The van der Waals surface area contributed by atoms with Gasteiger partial charge in [-0.3, -0.25) is 5.43 Å². The monoisotopic (exact) mass is 233 g/mol. The maximum atomic E-state index is 12.4. The van der Waals surface area contributed by atoms with E-state index in [-0.39, 0.29) is 5.69 Å². The second-order valence-corrected chi connectivity index (χ2v) is 3.13. The van der Waals surface area contributed by atoms with E-state index in [9.17, 15) is 18.0 Å². The lowest BCUT2D eigenvalue weighted by molar-refractivity contribution is -0.137. The first-order valence-electron chi connectivity index (χ1n) is 4.30. The maximum Gasteiger partial charge on any atom is 0.416 e. The van der Waals surface area contributed by atoms with Crippen molar-refractivity contribution < 1.29 is 18.0 Å². The van der Waals surface area contributed by atoms with Gasteiger partial charge in [-0.15, -0.1) is 0 Å². The highest BCUT2D eigenvalue weighted by molar-refractivity contribution is 5.89. The fourth-order valence-electron chi connectivity index (χ4n) is 1.09. The van der Waals surface area contributed by atoms with Crippen LogP contribution in [-0.2, 0) is 6.18 Å². The van der Waals surface area contributed by atoms with Crippen LogP contribution in [0.2, 0.25) is 0 Å². The third-order valence-electron chi connectivity index (χ3n) is 1.94. The molecule has 7 heteroatoms. The maximum absolute atomic E-state index is 12.4. The standard InChI is InChI=1S/C9H10F3N3O/c1-5-2-3-6(9(10,11)12)4-7(5)14-8(16)15-13/h2-4H,13H2,1H3,(H2,14,15,16). The molecule has 0 saturated heterocycles. The molecule has 0 fully saturated rings. The Kier molecular flexibility index (Phi) is 3.38. The zero-order valence-electron chi connectivity index (χ0n) is 8.35. The molecule has 0 bridgehead atoms. The molecule has 0 saturated carbocycles. The number of hydrazine groups is 1. The molecule has 0 aliphatic carbocycles. The van der Waals surface area contributed by atoms with Gasteiger partial charge in [-0.05, 0) is 24.6 Å². The van der Waals surface area contributed by atoms with Gasteiger partial charge in [0, 0.05) is 5.69 Å². The largest absolute Gasteiger partial charge is 0.416 e. The van der Waals surface area contributed by atoms with Crippen LogP contribution in [0.1, 0.15) is 11.1 Å². The number of nitrogens with one attached hydrogen (secondary N) is 2. The van der Waals surface area contributed by atoms with Gasteiger partial charge in [0.2, 0.25) is 0 Å². The number of carbonyl (C=O) groups excluding carboxylic acids is 1. The summed E-state index contributed by atoms with van der Waals surface area (Å²) < 4.78 is 37.1. The number of anilines is 1. The van der Waals surface area contributed by atoms with Crippen molar-refractivity contribution in [2.45, 2.75) is 13.1 Å². The lowest BCUT2D eigenvalue weighted by Crippen LogP contribution is -2.34. The van der Waals surface area contributed by atoms with E-state index in [4.69, 9.17) is 5.84 Å². The normalized spacial score (nSPS) is 11.1. The van der Waals surface area contributed by atoms with E-state index < -0.39 is 17.8 Å². The van der Waals surface area contributed by atoms with Crippen molar-refractivity contribution in [3.63, 3.8) is 0 Å². The predicted octanol–water partition coefficient (Wildman–Crippen LogP) is 2.01. The Morgan fingerprint density at radius 1 is 1.38 bits per heavy atom. The lowest BCUT2D eigenvalue weighted by atomic mass is 10.1. The molecule has 0 atom stereocenters. The second kappa shape index (κ2) is 4.40. The SMILES string of the molecule is Cc1ccc(C(F)(F)F)cc1NC(=O)NN. The van der Waals surface area contributed by atoms with Gasteiger partial charge < -0.3 is 5.32 Å². The van der Waals surface area contributed by atoms with Crippen LogP contribution in [0, 0.1) is 6.92 Å². The minimum absolute atomic E-state index is 0.0674. The zero-order chi connectivity index (χ0) is 12.3.